The molecule has 3 N–H and O–H groups in total. The fourth-order valence-corrected chi connectivity index (χ4v) is 3.64. The van der Waals surface area contributed by atoms with E-state index in [1.165, 1.54) is 6.20 Å². The van der Waals surface area contributed by atoms with Crippen LogP contribution >= 0.6 is 0 Å². The van der Waals surface area contributed by atoms with Crippen molar-refractivity contribution in [1.29, 1.82) is 0 Å². The summed E-state index contributed by atoms with van der Waals surface area (Å²) in [6, 6.07) is 2.94. The van der Waals surface area contributed by atoms with Crippen molar-refractivity contribution in [2.24, 2.45) is 11.7 Å². The number of nitrogens with two attached hydrogens (primary N) is 1. The zero-order valence-electron chi connectivity index (χ0n) is 14.5. The van der Waals surface area contributed by atoms with Crippen LogP contribution in [0, 0.1) is 11.7 Å². The second kappa shape index (κ2) is 5.89. The highest BCUT2D eigenvalue weighted by molar-refractivity contribution is 5.94. The maximum Gasteiger partial charge on any atom is 0.343 e. The molecule has 2 atom stereocenters. The number of esters is 1. The molecule has 1 aromatic heterocycles. The Bertz CT molecular complexity index is 966. The lowest BCUT2D eigenvalue weighted by Crippen LogP contribution is -2.26. The van der Waals surface area contributed by atoms with Gasteiger partial charge in [-0.2, -0.15) is 0 Å². The van der Waals surface area contributed by atoms with Crippen LogP contribution in [0.15, 0.2) is 23.1 Å². The number of pyridine rings is 1. The van der Waals surface area contributed by atoms with Gasteiger partial charge in [0.05, 0.1) is 12.1 Å². The maximum atomic E-state index is 14.7. The van der Waals surface area contributed by atoms with E-state index < -0.39 is 22.8 Å². The van der Waals surface area contributed by atoms with Gasteiger partial charge in [0.25, 0.3) is 0 Å². The molecule has 138 valence electrons. The molecule has 0 radical (unpaired) electrons. The summed E-state index contributed by atoms with van der Waals surface area (Å²) in [5.41, 5.74) is 5.59. The van der Waals surface area contributed by atoms with Gasteiger partial charge in [-0.15, -0.1) is 0 Å². The Morgan fingerprint density at radius 1 is 1.46 bits per heavy atom. The first-order valence-electron chi connectivity index (χ1n) is 8.86. The molecule has 2 saturated carbocycles. The molecule has 2 aliphatic carbocycles. The minimum Gasteiger partial charge on any atom is -0.462 e. The first-order chi connectivity index (χ1) is 12.4. The van der Waals surface area contributed by atoms with Gasteiger partial charge in [-0.3, -0.25) is 4.79 Å². The van der Waals surface area contributed by atoms with E-state index in [-0.39, 0.29) is 36.1 Å². The van der Waals surface area contributed by atoms with Crippen molar-refractivity contribution in [3.05, 3.63) is 45.5 Å². The highest BCUT2D eigenvalue weighted by Gasteiger charge is 2.53. The molecule has 2 aromatic rings. The quantitative estimate of drug-likeness (QED) is 0.793. The van der Waals surface area contributed by atoms with Crippen LogP contribution in [0.3, 0.4) is 0 Å². The van der Waals surface area contributed by atoms with Crippen LogP contribution < -0.4 is 11.2 Å². The Labute approximate surface area is 149 Å². The number of aliphatic hydroxyl groups excluding tert-OH is 1. The van der Waals surface area contributed by atoms with E-state index in [1.54, 1.807) is 13.0 Å². The number of benzene rings is 1. The fraction of sp³-hybridized carbons (Fsp3) is 0.474. The molecular formula is C19H21FN2O4. The summed E-state index contributed by atoms with van der Waals surface area (Å²) in [7, 11) is 0. The summed E-state index contributed by atoms with van der Waals surface area (Å²) in [6.07, 6.45) is 3.88. The van der Waals surface area contributed by atoms with Crippen LogP contribution in [0.1, 0.15) is 48.1 Å². The average molecular weight is 360 g/mol. The van der Waals surface area contributed by atoms with E-state index in [0.717, 1.165) is 18.9 Å². The lowest BCUT2D eigenvalue weighted by atomic mass is 9.99. The Hall–Kier alpha value is -2.25. The minimum atomic E-state index is -0.905. The third-order valence-electron chi connectivity index (χ3n) is 5.43. The number of nitrogens with zero attached hydrogens (tertiary/aromatic N) is 1. The number of carbonyl (C=O) groups is 1. The molecule has 2 fully saturated rings. The highest BCUT2D eigenvalue weighted by atomic mass is 19.1. The molecule has 0 amide bonds. The minimum absolute atomic E-state index is 0.0829. The van der Waals surface area contributed by atoms with Crippen LogP contribution in [0.2, 0.25) is 0 Å². The predicted molar refractivity (Wildman–Crippen MR) is 93.5 cm³/mol. The molecule has 0 spiro atoms. The van der Waals surface area contributed by atoms with Crippen LogP contribution in [0.4, 0.5) is 4.39 Å². The molecule has 0 aliphatic heterocycles. The average Bonchev–Trinajstić information content (AvgIpc) is 3.52. The summed E-state index contributed by atoms with van der Waals surface area (Å²) in [6.45, 7) is 1.72. The smallest absolute Gasteiger partial charge is 0.343 e. The molecule has 7 heteroatoms. The maximum absolute atomic E-state index is 14.7. The van der Waals surface area contributed by atoms with Crippen molar-refractivity contribution in [3.63, 3.8) is 0 Å². The molecule has 1 aromatic carbocycles. The van der Waals surface area contributed by atoms with Gasteiger partial charge in [0.15, 0.2) is 0 Å². The SMILES string of the molecule is CCOC(=O)c1cn(C2CC2)c2cc(C3(N)CC3CO)c(F)cc2c1=O. The van der Waals surface area contributed by atoms with Gasteiger partial charge in [0.1, 0.15) is 11.4 Å². The standard InChI is InChI=1S/C19H21FN2O4/c1-2-26-18(25)13-8-22(11-3-4-11)16-6-14(19(21)7-10(19)9-23)15(20)5-12(16)17(13)24/h5-6,8,10-11,23H,2-4,7,9,21H2,1H3. The fourth-order valence-electron chi connectivity index (χ4n) is 3.64. The van der Waals surface area contributed by atoms with Crippen molar-refractivity contribution < 1.29 is 19.0 Å². The molecule has 0 bridgehead atoms. The van der Waals surface area contributed by atoms with Crippen LogP contribution in [0.25, 0.3) is 10.9 Å². The van der Waals surface area contributed by atoms with Crippen molar-refractivity contribution in [1.82, 2.24) is 4.57 Å². The van der Waals surface area contributed by atoms with Gasteiger partial charge >= 0.3 is 5.97 Å². The summed E-state index contributed by atoms with van der Waals surface area (Å²) in [5, 5.41) is 9.49. The monoisotopic (exact) mass is 360 g/mol. The van der Waals surface area contributed by atoms with Gasteiger partial charge in [-0.25, -0.2) is 9.18 Å². The zero-order valence-corrected chi connectivity index (χ0v) is 14.5. The van der Waals surface area contributed by atoms with E-state index >= 15 is 0 Å². The van der Waals surface area contributed by atoms with Crippen molar-refractivity contribution in [2.45, 2.75) is 37.8 Å². The lowest BCUT2D eigenvalue weighted by Gasteiger charge is -2.17. The highest BCUT2D eigenvalue weighted by Crippen LogP contribution is 2.50. The van der Waals surface area contributed by atoms with Crippen molar-refractivity contribution in [3.8, 4) is 0 Å². The zero-order chi connectivity index (χ0) is 18.6. The number of fused-ring (bicyclic) bond motifs is 1. The van der Waals surface area contributed by atoms with E-state index in [9.17, 15) is 19.1 Å². The number of aromatic nitrogens is 1. The lowest BCUT2D eigenvalue weighted by molar-refractivity contribution is 0.0524. The Balaban J connectivity index is 1.94. The Morgan fingerprint density at radius 2 is 2.19 bits per heavy atom. The summed E-state index contributed by atoms with van der Waals surface area (Å²) in [4.78, 5) is 24.9. The number of hydrogen-bond donors (Lipinski definition) is 2. The molecule has 26 heavy (non-hydrogen) atoms. The third kappa shape index (κ3) is 2.54. The van der Waals surface area contributed by atoms with E-state index in [0.29, 0.717) is 17.5 Å². The molecule has 0 saturated heterocycles. The first kappa shape index (κ1) is 17.2. The molecule has 2 aliphatic rings. The van der Waals surface area contributed by atoms with Crippen molar-refractivity contribution >= 4 is 16.9 Å². The second-order valence-electron chi connectivity index (χ2n) is 7.20. The van der Waals surface area contributed by atoms with E-state index in [1.807, 2.05) is 4.57 Å². The number of ether oxygens (including phenoxy) is 1. The van der Waals surface area contributed by atoms with E-state index in [2.05, 4.69) is 0 Å². The number of rotatable bonds is 5. The van der Waals surface area contributed by atoms with Gasteiger partial charge in [-0.05, 0) is 38.3 Å². The molecule has 2 unspecified atom stereocenters. The molecule has 1 heterocycles. The van der Waals surface area contributed by atoms with Crippen molar-refractivity contribution in [2.75, 3.05) is 13.2 Å². The second-order valence-corrected chi connectivity index (χ2v) is 7.20. The number of halogens is 1. The number of aliphatic hydroxyl groups is 1. The van der Waals surface area contributed by atoms with Gasteiger partial charge < -0.3 is 20.1 Å². The van der Waals surface area contributed by atoms with Gasteiger partial charge in [0.2, 0.25) is 5.43 Å². The largest absolute Gasteiger partial charge is 0.462 e. The van der Waals surface area contributed by atoms with Crippen LogP contribution in [-0.4, -0.2) is 28.9 Å². The number of hydrogen-bond acceptors (Lipinski definition) is 5. The summed E-state index contributed by atoms with van der Waals surface area (Å²) < 4.78 is 21.6. The summed E-state index contributed by atoms with van der Waals surface area (Å²) >= 11 is 0. The Morgan fingerprint density at radius 3 is 2.77 bits per heavy atom. The van der Waals surface area contributed by atoms with Crippen LogP contribution in [-0.2, 0) is 10.3 Å². The molecule has 6 nitrogen and oxygen atoms in total. The molecular weight excluding hydrogens is 339 g/mol. The topological polar surface area (TPSA) is 94.6 Å². The van der Waals surface area contributed by atoms with Gasteiger partial charge in [-0.1, -0.05) is 0 Å². The number of carbonyl (C=O) groups excluding carboxylic acids is 1. The third-order valence-corrected chi connectivity index (χ3v) is 5.43. The normalized spacial score (nSPS) is 24.7. The summed E-state index contributed by atoms with van der Waals surface area (Å²) in [5.74, 6) is -1.47. The van der Waals surface area contributed by atoms with E-state index in [4.69, 9.17) is 10.5 Å². The molecule has 4 rings (SSSR count). The Kier molecular flexibility index (Phi) is 3.89. The predicted octanol–water partition coefficient (Wildman–Crippen LogP) is 1.82. The van der Waals surface area contributed by atoms with Crippen LogP contribution in [0.5, 0.6) is 0 Å². The van der Waals surface area contributed by atoms with Gasteiger partial charge in [0, 0.05) is 41.3 Å². The first-order valence-corrected chi connectivity index (χ1v) is 8.86.